The van der Waals surface area contributed by atoms with Gasteiger partial charge in [-0.05, 0) is 30.0 Å². The average Bonchev–Trinajstić information content (AvgIpc) is 2.37. The number of rotatable bonds is 4. The summed E-state index contributed by atoms with van der Waals surface area (Å²) in [5.41, 5.74) is 13.8. The number of hydrogen-bond donors (Lipinski definition) is 3. The van der Waals surface area contributed by atoms with E-state index in [1.165, 1.54) is 0 Å². The zero-order chi connectivity index (χ0) is 14.9. The van der Waals surface area contributed by atoms with Crippen molar-refractivity contribution in [3.8, 4) is 0 Å². The van der Waals surface area contributed by atoms with Gasteiger partial charge in [0.1, 0.15) is 0 Å². The maximum Gasteiger partial charge on any atom is 0.224 e. The monoisotopic (exact) mass is 275 g/mol. The molecule has 1 aliphatic heterocycles. The lowest BCUT2D eigenvalue weighted by Crippen LogP contribution is -2.34. The van der Waals surface area contributed by atoms with Gasteiger partial charge in [0.05, 0.1) is 0 Å². The van der Waals surface area contributed by atoms with Crippen molar-refractivity contribution in [2.75, 3.05) is 5.32 Å². The van der Waals surface area contributed by atoms with Crippen LogP contribution in [-0.2, 0) is 16.0 Å². The summed E-state index contributed by atoms with van der Waals surface area (Å²) in [5, 5.41) is 2.84. The summed E-state index contributed by atoms with van der Waals surface area (Å²) >= 11 is 0. The molecule has 1 unspecified atom stereocenters. The Labute approximate surface area is 118 Å². The third-order valence-corrected chi connectivity index (χ3v) is 3.85. The number of fused-ring (bicyclic) bond motifs is 1. The summed E-state index contributed by atoms with van der Waals surface area (Å²) in [6.45, 7) is 3.60. The molecule has 1 aromatic rings. The van der Waals surface area contributed by atoms with Crippen LogP contribution < -0.4 is 16.8 Å². The Morgan fingerprint density at radius 1 is 1.40 bits per heavy atom. The molecule has 20 heavy (non-hydrogen) atoms. The quantitative estimate of drug-likeness (QED) is 0.776. The van der Waals surface area contributed by atoms with Crippen LogP contribution in [0.2, 0.25) is 0 Å². The Kier molecular flexibility index (Phi) is 3.81. The van der Waals surface area contributed by atoms with Gasteiger partial charge in [-0.3, -0.25) is 9.59 Å². The first-order chi connectivity index (χ1) is 9.29. The molecule has 108 valence electrons. The number of nitrogens with two attached hydrogens (primary N) is 2. The SMILES string of the molecule is CC(C)(CC(N)c1ccc2c(c1)CCC(=O)N2)C(N)=O. The number of carbonyl (C=O) groups excluding carboxylic acids is 2. The standard InChI is InChI=1S/C15H21N3O2/c1-15(2,14(17)20)8-11(16)9-3-5-12-10(7-9)4-6-13(19)18-12/h3,5,7,11H,4,6,8,16H2,1-2H3,(H2,17,20)(H,18,19). The minimum atomic E-state index is -0.635. The second-order valence-electron chi connectivity index (χ2n) is 6.02. The Balaban J connectivity index is 2.17. The number of benzene rings is 1. The van der Waals surface area contributed by atoms with Crippen molar-refractivity contribution in [1.82, 2.24) is 0 Å². The van der Waals surface area contributed by atoms with E-state index in [2.05, 4.69) is 5.32 Å². The van der Waals surface area contributed by atoms with Gasteiger partial charge in [-0.2, -0.15) is 0 Å². The van der Waals surface area contributed by atoms with Crippen molar-refractivity contribution >= 4 is 17.5 Å². The number of primary amides is 1. The second kappa shape index (κ2) is 5.25. The van der Waals surface area contributed by atoms with Crippen LogP contribution in [0.1, 0.15) is 43.9 Å². The first kappa shape index (κ1) is 14.5. The lowest BCUT2D eigenvalue weighted by atomic mass is 9.82. The molecule has 2 amide bonds. The minimum Gasteiger partial charge on any atom is -0.369 e. The zero-order valence-corrected chi connectivity index (χ0v) is 11.9. The number of aryl methyl sites for hydroxylation is 1. The highest BCUT2D eigenvalue weighted by Crippen LogP contribution is 2.31. The molecule has 5 nitrogen and oxygen atoms in total. The summed E-state index contributed by atoms with van der Waals surface area (Å²) in [4.78, 5) is 22.7. The van der Waals surface area contributed by atoms with E-state index >= 15 is 0 Å². The molecule has 5 heteroatoms. The molecule has 5 N–H and O–H groups in total. The van der Waals surface area contributed by atoms with Crippen molar-refractivity contribution in [3.63, 3.8) is 0 Å². The third-order valence-electron chi connectivity index (χ3n) is 3.85. The van der Waals surface area contributed by atoms with Crippen LogP contribution >= 0.6 is 0 Å². The van der Waals surface area contributed by atoms with E-state index in [0.717, 1.165) is 23.2 Å². The molecule has 0 saturated heterocycles. The molecule has 0 saturated carbocycles. The van der Waals surface area contributed by atoms with Gasteiger partial charge in [-0.15, -0.1) is 0 Å². The fraction of sp³-hybridized carbons (Fsp3) is 0.467. The Hall–Kier alpha value is -1.88. The van der Waals surface area contributed by atoms with E-state index in [1.54, 1.807) is 13.8 Å². The van der Waals surface area contributed by atoms with E-state index in [4.69, 9.17) is 11.5 Å². The van der Waals surface area contributed by atoms with Gasteiger partial charge in [0, 0.05) is 23.6 Å². The van der Waals surface area contributed by atoms with Crippen molar-refractivity contribution in [2.45, 2.75) is 39.2 Å². The van der Waals surface area contributed by atoms with Crippen LogP contribution in [0, 0.1) is 5.41 Å². The highest BCUT2D eigenvalue weighted by Gasteiger charge is 2.28. The van der Waals surface area contributed by atoms with Crippen molar-refractivity contribution in [2.24, 2.45) is 16.9 Å². The molecule has 1 aliphatic rings. The molecule has 1 atom stereocenters. The molecule has 0 fully saturated rings. The van der Waals surface area contributed by atoms with Crippen molar-refractivity contribution < 1.29 is 9.59 Å². The van der Waals surface area contributed by atoms with E-state index in [9.17, 15) is 9.59 Å². The third kappa shape index (κ3) is 2.99. The second-order valence-corrected chi connectivity index (χ2v) is 6.02. The molecular weight excluding hydrogens is 254 g/mol. The maximum atomic E-state index is 11.4. The number of hydrogen-bond acceptors (Lipinski definition) is 3. The fourth-order valence-electron chi connectivity index (χ4n) is 2.40. The number of anilines is 1. The first-order valence-corrected chi connectivity index (χ1v) is 6.78. The lowest BCUT2D eigenvalue weighted by molar-refractivity contribution is -0.126. The van der Waals surface area contributed by atoms with Crippen LogP contribution in [0.15, 0.2) is 18.2 Å². The molecule has 0 aliphatic carbocycles. The van der Waals surface area contributed by atoms with Gasteiger partial charge in [-0.1, -0.05) is 26.0 Å². The van der Waals surface area contributed by atoms with E-state index in [0.29, 0.717) is 12.8 Å². The van der Waals surface area contributed by atoms with E-state index < -0.39 is 5.41 Å². The Bertz CT molecular complexity index is 552. The van der Waals surface area contributed by atoms with Crippen molar-refractivity contribution in [3.05, 3.63) is 29.3 Å². The van der Waals surface area contributed by atoms with Gasteiger partial charge in [-0.25, -0.2) is 0 Å². The number of amides is 2. The summed E-state index contributed by atoms with van der Waals surface area (Å²) in [6.07, 6.45) is 1.72. The molecule has 0 aromatic heterocycles. The molecule has 1 heterocycles. The van der Waals surface area contributed by atoms with Crippen LogP contribution in [0.5, 0.6) is 0 Å². The van der Waals surface area contributed by atoms with Crippen LogP contribution in [0.3, 0.4) is 0 Å². The normalized spacial score (nSPS) is 16.2. The summed E-state index contributed by atoms with van der Waals surface area (Å²) in [7, 11) is 0. The lowest BCUT2D eigenvalue weighted by Gasteiger charge is -2.26. The molecule has 0 bridgehead atoms. The predicted octanol–water partition coefficient (Wildman–Crippen LogP) is 1.47. The Morgan fingerprint density at radius 2 is 2.10 bits per heavy atom. The van der Waals surface area contributed by atoms with Gasteiger partial charge in [0.15, 0.2) is 0 Å². The maximum absolute atomic E-state index is 11.4. The molecule has 0 spiro atoms. The van der Waals surface area contributed by atoms with Gasteiger partial charge in [0.25, 0.3) is 0 Å². The predicted molar refractivity (Wildman–Crippen MR) is 77.9 cm³/mol. The van der Waals surface area contributed by atoms with E-state index in [-0.39, 0.29) is 17.9 Å². The first-order valence-electron chi connectivity index (χ1n) is 6.78. The van der Waals surface area contributed by atoms with Gasteiger partial charge >= 0.3 is 0 Å². The smallest absolute Gasteiger partial charge is 0.224 e. The highest BCUT2D eigenvalue weighted by molar-refractivity contribution is 5.93. The molecule has 0 radical (unpaired) electrons. The number of carbonyl (C=O) groups is 2. The number of nitrogens with one attached hydrogen (secondary N) is 1. The summed E-state index contributed by atoms with van der Waals surface area (Å²) in [6, 6.07) is 5.53. The van der Waals surface area contributed by atoms with Crippen LogP contribution in [0.4, 0.5) is 5.69 Å². The average molecular weight is 275 g/mol. The summed E-state index contributed by atoms with van der Waals surface area (Å²) < 4.78 is 0. The minimum absolute atomic E-state index is 0.0458. The van der Waals surface area contributed by atoms with Gasteiger partial charge < -0.3 is 16.8 Å². The largest absolute Gasteiger partial charge is 0.369 e. The fourth-order valence-corrected chi connectivity index (χ4v) is 2.40. The topological polar surface area (TPSA) is 98.2 Å². The summed E-state index contributed by atoms with van der Waals surface area (Å²) in [5.74, 6) is -0.303. The molecule has 1 aromatic carbocycles. The molecule has 2 rings (SSSR count). The van der Waals surface area contributed by atoms with Crippen LogP contribution in [-0.4, -0.2) is 11.8 Å². The van der Waals surface area contributed by atoms with Crippen molar-refractivity contribution in [1.29, 1.82) is 0 Å². The highest BCUT2D eigenvalue weighted by atomic mass is 16.2. The van der Waals surface area contributed by atoms with E-state index in [1.807, 2.05) is 18.2 Å². The van der Waals surface area contributed by atoms with Crippen LogP contribution in [0.25, 0.3) is 0 Å². The Morgan fingerprint density at radius 3 is 2.75 bits per heavy atom. The molecular formula is C15H21N3O2. The zero-order valence-electron chi connectivity index (χ0n) is 11.9. The van der Waals surface area contributed by atoms with Gasteiger partial charge in [0.2, 0.25) is 11.8 Å².